The number of aliphatic hydroxyl groups excluding tert-OH is 1. The SMILES string of the molecule is C=C(C)C(=O)OCC(O)CNCCC[Si](OCC)(OCC)OCC.CCN.CO[Si](CC(C)C)(OC)OC. The zero-order valence-electron chi connectivity index (χ0n) is 25.7. The fourth-order valence-corrected chi connectivity index (χ4v) is 7.67. The molecule has 230 valence electrons. The van der Waals surface area contributed by atoms with Crippen LogP contribution in [0.25, 0.3) is 0 Å². The summed E-state index contributed by atoms with van der Waals surface area (Å²) in [4.78, 5) is 11.2. The summed E-state index contributed by atoms with van der Waals surface area (Å²) < 4.78 is 37.9. The standard InChI is InChI=1S/C16H33NO6Si.C7H18O3Si.C2H7N/c1-6-21-24(22-7-2,23-8-3)11-9-10-17-12-15(18)13-20-16(19)14(4)5;1-7(2)6-11(8-3,9-4)10-5;1-2-3/h15,17-18H,4,6-13H2,1-3,5H3;7H,6H2,1-5H3;2-3H2,1H3. The van der Waals surface area contributed by atoms with Crippen LogP contribution >= 0.6 is 0 Å². The van der Waals surface area contributed by atoms with Crippen LogP contribution in [-0.2, 0) is 36.1 Å². The third-order valence-electron chi connectivity index (χ3n) is 4.66. The third kappa shape index (κ3) is 22.1. The number of carbonyl (C=O) groups is 1. The molecule has 1 unspecified atom stereocenters. The summed E-state index contributed by atoms with van der Waals surface area (Å²) in [5.41, 5.74) is 5.17. The summed E-state index contributed by atoms with van der Waals surface area (Å²) in [6.45, 7) is 20.4. The maximum Gasteiger partial charge on any atom is 0.500 e. The van der Waals surface area contributed by atoms with Crippen LogP contribution in [0.2, 0.25) is 12.1 Å². The second-order valence-corrected chi connectivity index (χ2v) is 14.4. The maximum atomic E-state index is 11.2. The highest BCUT2D eigenvalue weighted by molar-refractivity contribution is 6.61. The van der Waals surface area contributed by atoms with Gasteiger partial charge in [0.2, 0.25) is 0 Å². The van der Waals surface area contributed by atoms with Crippen molar-refractivity contribution in [3.05, 3.63) is 12.2 Å². The van der Waals surface area contributed by atoms with Crippen molar-refractivity contribution in [1.29, 1.82) is 0 Å². The van der Waals surface area contributed by atoms with Crippen LogP contribution in [0.15, 0.2) is 12.2 Å². The van der Waals surface area contributed by atoms with Crippen molar-refractivity contribution < 1.29 is 41.2 Å². The van der Waals surface area contributed by atoms with E-state index in [0.717, 1.165) is 25.1 Å². The highest BCUT2D eigenvalue weighted by Gasteiger charge is 2.39. The Morgan fingerprint density at radius 1 is 0.947 bits per heavy atom. The topological polar surface area (TPSA) is 140 Å². The summed E-state index contributed by atoms with van der Waals surface area (Å²) in [6, 6.07) is 1.59. The Kier molecular flexibility index (Phi) is 29.1. The number of ether oxygens (including phenoxy) is 1. The number of carbonyl (C=O) groups excluding carboxylic acids is 1. The Hall–Kier alpha value is -0.716. The zero-order valence-corrected chi connectivity index (χ0v) is 27.7. The molecule has 13 heteroatoms. The highest BCUT2D eigenvalue weighted by atomic mass is 28.4. The lowest BCUT2D eigenvalue weighted by atomic mass is 10.3. The summed E-state index contributed by atoms with van der Waals surface area (Å²) in [5, 5.41) is 12.9. The number of aliphatic hydroxyl groups is 1. The van der Waals surface area contributed by atoms with Crippen LogP contribution in [0.4, 0.5) is 0 Å². The lowest BCUT2D eigenvalue weighted by Crippen LogP contribution is -2.46. The maximum absolute atomic E-state index is 11.2. The van der Waals surface area contributed by atoms with Gasteiger partial charge in [-0.25, -0.2) is 4.79 Å². The fourth-order valence-electron chi connectivity index (χ4n) is 3.05. The second-order valence-electron chi connectivity index (χ2n) is 8.62. The molecule has 38 heavy (non-hydrogen) atoms. The normalized spacial score (nSPS) is 12.2. The van der Waals surface area contributed by atoms with Crippen molar-refractivity contribution in [2.75, 3.05) is 67.4 Å². The molecule has 0 spiro atoms. The Bertz CT molecular complexity index is 544. The summed E-state index contributed by atoms with van der Waals surface area (Å²) in [5.74, 6) is 0.0523. The molecule has 0 aliphatic rings. The molecule has 0 saturated heterocycles. The van der Waals surface area contributed by atoms with E-state index in [2.05, 4.69) is 25.7 Å². The van der Waals surface area contributed by atoms with Gasteiger partial charge in [-0.15, -0.1) is 0 Å². The molecule has 11 nitrogen and oxygen atoms in total. The van der Waals surface area contributed by atoms with Crippen molar-refractivity contribution >= 4 is 23.6 Å². The van der Waals surface area contributed by atoms with Gasteiger partial charge >= 0.3 is 23.6 Å². The van der Waals surface area contributed by atoms with Gasteiger partial charge in [0.25, 0.3) is 0 Å². The van der Waals surface area contributed by atoms with Gasteiger partial charge in [-0.2, -0.15) is 0 Å². The first-order chi connectivity index (χ1) is 17.9. The smallest absolute Gasteiger partial charge is 0.460 e. The van der Waals surface area contributed by atoms with Gasteiger partial charge in [0.05, 0.1) is 0 Å². The molecule has 0 amide bonds. The predicted octanol–water partition coefficient (Wildman–Crippen LogP) is 2.98. The van der Waals surface area contributed by atoms with Crippen LogP contribution in [0.3, 0.4) is 0 Å². The minimum absolute atomic E-state index is 0.0474. The highest BCUT2D eigenvalue weighted by Crippen LogP contribution is 2.18. The van der Waals surface area contributed by atoms with Gasteiger partial charge in [0.1, 0.15) is 12.7 Å². The van der Waals surface area contributed by atoms with E-state index in [0.29, 0.717) is 44.4 Å². The summed E-state index contributed by atoms with van der Waals surface area (Å²) in [7, 11) is 0.0440. The third-order valence-corrected chi connectivity index (χ3v) is 11.0. The van der Waals surface area contributed by atoms with Crippen molar-refractivity contribution in [3.63, 3.8) is 0 Å². The van der Waals surface area contributed by atoms with Gasteiger partial charge in [0, 0.05) is 65.4 Å². The quantitative estimate of drug-likeness (QED) is 0.0839. The molecule has 0 aliphatic heterocycles. The van der Waals surface area contributed by atoms with Crippen LogP contribution in [0, 0.1) is 5.92 Å². The monoisotopic (exact) mass is 586 g/mol. The first-order valence-corrected chi connectivity index (χ1v) is 17.3. The molecular weight excluding hydrogens is 528 g/mol. The van der Waals surface area contributed by atoms with Gasteiger partial charge in [0.15, 0.2) is 0 Å². The Labute approximate surface area is 234 Å². The largest absolute Gasteiger partial charge is 0.500 e. The van der Waals surface area contributed by atoms with E-state index in [-0.39, 0.29) is 6.61 Å². The molecule has 1 atom stereocenters. The molecule has 0 bridgehead atoms. The van der Waals surface area contributed by atoms with Crippen molar-refractivity contribution in [3.8, 4) is 0 Å². The minimum Gasteiger partial charge on any atom is -0.460 e. The molecular formula is C25H58N2O9Si2. The van der Waals surface area contributed by atoms with Crippen molar-refractivity contribution in [1.82, 2.24) is 5.32 Å². The lowest BCUT2D eigenvalue weighted by molar-refractivity contribution is -0.141. The summed E-state index contributed by atoms with van der Waals surface area (Å²) in [6.07, 6.45) is 0.0609. The van der Waals surface area contributed by atoms with Gasteiger partial charge < -0.3 is 47.4 Å². The molecule has 0 rings (SSSR count). The Morgan fingerprint density at radius 2 is 1.39 bits per heavy atom. The number of nitrogens with two attached hydrogens (primary N) is 1. The first kappa shape index (κ1) is 41.8. The molecule has 0 saturated carbocycles. The van der Waals surface area contributed by atoms with E-state index in [1.807, 2.05) is 27.7 Å². The average Bonchev–Trinajstić information content (AvgIpc) is 2.87. The summed E-state index contributed by atoms with van der Waals surface area (Å²) >= 11 is 0. The van der Waals surface area contributed by atoms with Gasteiger partial charge in [-0.05, 0) is 53.1 Å². The van der Waals surface area contributed by atoms with Gasteiger partial charge in [-0.3, -0.25) is 0 Å². The van der Waals surface area contributed by atoms with E-state index >= 15 is 0 Å². The van der Waals surface area contributed by atoms with E-state index in [1.165, 1.54) is 0 Å². The molecule has 0 aliphatic carbocycles. The van der Waals surface area contributed by atoms with Crippen LogP contribution in [0.1, 0.15) is 54.9 Å². The Balaban J connectivity index is -0.000000725. The average molecular weight is 587 g/mol. The number of esters is 1. The van der Waals surface area contributed by atoms with E-state index in [4.69, 9.17) is 37.0 Å². The molecule has 0 heterocycles. The molecule has 0 aromatic carbocycles. The zero-order chi connectivity index (χ0) is 30.0. The predicted molar refractivity (Wildman–Crippen MR) is 156 cm³/mol. The van der Waals surface area contributed by atoms with Crippen molar-refractivity contribution in [2.45, 2.75) is 73.1 Å². The molecule has 0 fully saturated rings. The van der Waals surface area contributed by atoms with E-state index in [9.17, 15) is 9.90 Å². The molecule has 0 radical (unpaired) electrons. The van der Waals surface area contributed by atoms with E-state index < -0.39 is 29.7 Å². The molecule has 4 N–H and O–H groups in total. The number of hydrogen-bond acceptors (Lipinski definition) is 11. The number of rotatable bonds is 20. The first-order valence-electron chi connectivity index (χ1n) is 13.4. The fraction of sp³-hybridized carbons (Fsp3) is 0.880. The molecule has 0 aromatic rings. The Morgan fingerprint density at radius 3 is 1.71 bits per heavy atom. The van der Waals surface area contributed by atoms with Crippen LogP contribution in [0.5, 0.6) is 0 Å². The second kappa shape index (κ2) is 26.5. The van der Waals surface area contributed by atoms with Crippen LogP contribution in [-0.4, -0.2) is 102 Å². The lowest BCUT2D eigenvalue weighted by Gasteiger charge is -2.28. The molecule has 0 aromatic heterocycles. The van der Waals surface area contributed by atoms with Crippen LogP contribution < -0.4 is 11.1 Å². The van der Waals surface area contributed by atoms with Gasteiger partial charge in [-0.1, -0.05) is 27.4 Å². The number of hydrogen-bond donors (Lipinski definition) is 3. The number of nitrogens with one attached hydrogen (secondary N) is 1. The minimum atomic E-state index is -2.60. The van der Waals surface area contributed by atoms with Crippen molar-refractivity contribution in [2.24, 2.45) is 11.7 Å². The van der Waals surface area contributed by atoms with E-state index in [1.54, 1.807) is 28.3 Å².